The van der Waals surface area contributed by atoms with Gasteiger partial charge in [0.15, 0.2) is 0 Å². The van der Waals surface area contributed by atoms with Gasteiger partial charge in [0.05, 0.1) is 24.9 Å². The largest absolute Gasteiger partial charge is 0.497 e. The second kappa shape index (κ2) is 11.0. The first-order valence-corrected chi connectivity index (χ1v) is 13.8. The summed E-state index contributed by atoms with van der Waals surface area (Å²) in [5, 5.41) is 7.03. The number of hydrogen-bond acceptors (Lipinski definition) is 5. The van der Waals surface area contributed by atoms with E-state index in [0.29, 0.717) is 36.9 Å². The van der Waals surface area contributed by atoms with Crippen LogP contribution in [0.1, 0.15) is 32.1 Å². The molecular formula is C31H34N4O4. The Morgan fingerprint density at radius 1 is 1.03 bits per heavy atom. The summed E-state index contributed by atoms with van der Waals surface area (Å²) in [6.45, 7) is 0.922. The minimum Gasteiger partial charge on any atom is -0.497 e. The van der Waals surface area contributed by atoms with Gasteiger partial charge in [-0.3, -0.25) is 4.79 Å². The van der Waals surface area contributed by atoms with E-state index in [4.69, 9.17) is 14.5 Å². The molecule has 3 aromatic rings. The number of methoxy groups -OCH3 is 1. The third-order valence-corrected chi connectivity index (χ3v) is 7.79. The number of aromatic nitrogens is 1. The zero-order chi connectivity index (χ0) is 26.8. The summed E-state index contributed by atoms with van der Waals surface area (Å²) in [5.74, 6) is 1.67. The summed E-state index contributed by atoms with van der Waals surface area (Å²) in [4.78, 5) is 33.0. The third kappa shape index (κ3) is 5.55. The van der Waals surface area contributed by atoms with Crippen molar-refractivity contribution in [2.45, 2.75) is 50.3 Å². The number of fused-ring (bicyclic) bond motifs is 3. The number of urea groups is 1. The lowest BCUT2D eigenvalue weighted by molar-refractivity contribution is -0.124. The molecule has 39 heavy (non-hydrogen) atoms. The summed E-state index contributed by atoms with van der Waals surface area (Å²) in [7, 11) is 1.63. The first kappa shape index (κ1) is 25.2. The number of hydrogen-bond donors (Lipinski definition) is 2. The van der Waals surface area contributed by atoms with Crippen LogP contribution in [0, 0.1) is 5.92 Å². The molecule has 6 rings (SSSR count). The average molecular weight is 527 g/mol. The Morgan fingerprint density at radius 3 is 2.74 bits per heavy atom. The summed E-state index contributed by atoms with van der Waals surface area (Å²) < 4.78 is 12.0. The Morgan fingerprint density at radius 2 is 1.90 bits per heavy atom. The molecule has 4 atom stereocenters. The standard InChI is InChI=1S/C31H34N4O4/c1-38-22-12-13-24-27(16-22)33-26(20-9-6-4-7-10-20)18-29(24)39-23-17-28-30(36)34-25-15-21(25)11-5-2-3-8-14-32-31(37)35(28)19-23/h4-7,9-13,16,18,21,23,25,28H,2-3,8,14-15,17,19H2,1H3,(H,32,37)(H,34,36)/b11-5-/t21-,23-,25-,28+/m1/s1. The van der Waals surface area contributed by atoms with E-state index in [1.807, 2.05) is 54.6 Å². The number of rotatable bonds is 4. The van der Waals surface area contributed by atoms with Gasteiger partial charge in [0.25, 0.3) is 0 Å². The van der Waals surface area contributed by atoms with Gasteiger partial charge in [0.1, 0.15) is 23.6 Å². The number of nitrogens with zero attached hydrogens (tertiary/aromatic N) is 2. The topological polar surface area (TPSA) is 92.8 Å². The van der Waals surface area contributed by atoms with E-state index in [1.54, 1.807) is 12.0 Å². The molecular weight excluding hydrogens is 492 g/mol. The Labute approximate surface area is 228 Å². The highest BCUT2D eigenvalue weighted by Gasteiger charge is 2.44. The molecule has 0 spiro atoms. The highest BCUT2D eigenvalue weighted by Crippen LogP contribution is 2.35. The van der Waals surface area contributed by atoms with E-state index < -0.39 is 6.04 Å². The maximum Gasteiger partial charge on any atom is 0.318 e. The maximum atomic E-state index is 13.3. The third-order valence-electron chi connectivity index (χ3n) is 7.79. The minimum absolute atomic E-state index is 0.108. The molecule has 2 N–H and O–H groups in total. The van der Waals surface area contributed by atoms with Crippen molar-refractivity contribution in [2.75, 3.05) is 20.2 Å². The monoisotopic (exact) mass is 526 g/mol. The number of carbonyl (C=O) groups is 2. The Balaban J connectivity index is 1.28. The fraction of sp³-hybridized carbons (Fsp3) is 0.387. The molecule has 202 valence electrons. The van der Waals surface area contributed by atoms with Gasteiger partial charge in [0, 0.05) is 42.1 Å². The summed E-state index contributed by atoms with van der Waals surface area (Å²) in [6, 6.07) is 17.0. The Bertz CT molecular complexity index is 1390. The van der Waals surface area contributed by atoms with Crippen molar-refractivity contribution in [1.82, 2.24) is 20.5 Å². The molecule has 3 aliphatic rings. The fourth-order valence-corrected chi connectivity index (χ4v) is 5.52. The fourth-order valence-electron chi connectivity index (χ4n) is 5.52. The molecule has 1 aliphatic carbocycles. The van der Waals surface area contributed by atoms with Crippen LogP contribution in [-0.4, -0.2) is 60.2 Å². The molecule has 2 aromatic carbocycles. The van der Waals surface area contributed by atoms with Gasteiger partial charge in [-0.25, -0.2) is 9.78 Å². The number of benzene rings is 2. The smallest absolute Gasteiger partial charge is 0.318 e. The highest BCUT2D eigenvalue weighted by atomic mass is 16.5. The van der Waals surface area contributed by atoms with E-state index in [9.17, 15) is 9.59 Å². The van der Waals surface area contributed by atoms with E-state index in [1.165, 1.54) is 0 Å². The zero-order valence-electron chi connectivity index (χ0n) is 22.1. The first-order chi connectivity index (χ1) is 19.1. The van der Waals surface area contributed by atoms with Crippen LogP contribution in [0.2, 0.25) is 0 Å². The van der Waals surface area contributed by atoms with Crippen molar-refractivity contribution < 1.29 is 19.1 Å². The molecule has 0 radical (unpaired) electrons. The zero-order valence-corrected chi connectivity index (χ0v) is 22.1. The van der Waals surface area contributed by atoms with Crippen molar-refractivity contribution in [2.24, 2.45) is 5.92 Å². The molecule has 2 aliphatic heterocycles. The van der Waals surface area contributed by atoms with Crippen LogP contribution in [0.3, 0.4) is 0 Å². The lowest BCUT2D eigenvalue weighted by atomic mass is 10.1. The number of allylic oxidation sites excluding steroid dienone is 1. The number of amides is 3. The van der Waals surface area contributed by atoms with Crippen molar-refractivity contribution in [1.29, 1.82) is 0 Å². The number of carbonyl (C=O) groups excluding carboxylic acids is 2. The van der Waals surface area contributed by atoms with Crippen molar-refractivity contribution >= 4 is 22.8 Å². The van der Waals surface area contributed by atoms with Gasteiger partial charge in [-0.15, -0.1) is 0 Å². The second-order valence-electron chi connectivity index (χ2n) is 10.6. The van der Waals surface area contributed by atoms with Crippen LogP contribution in [0.25, 0.3) is 22.2 Å². The normalized spacial score (nSPS) is 26.0. The lowest BCUT2D eigenvalue weighted by Gasteiger charge is -2.24. The first-order valence-electron chi connectivity index (χ1n) is 13.8. The summed E-state index contributed by atoms with van der Waals surface area (Å²) in [5.41, 5.74) is 2.51. The van der Waals surface area contributed by atoms with Gasteiger partial charge >= 0.3 is 6.03 Å². The molecule has 8 heteroatoms. The van der Waals surface area contributed by atoms with Gasteiger partial charge in [-0.2, -0.15) is 0 Å². The molecule has 3 heterocycles. The SMILES string of the molecule is COc1ccc2c(O[C@@H]3C[C@H]4C(=O)N[C@@H]5C[C@H]5/C=C\CCCCNC(=O)N4C3)cc(-c3ccccc3)nc2c1. The maximum absolute atomic E-state index is 13.3. The molecule has 1 aromatic heterocycles. The van der Waals surface area contributed by atoms with Crippen molar-refractivity contribution in [3.63, 3.8) is 0 Å². The van der Waals surface area contributed by atoms with Gasteiger partial charge in [0.2, 0.25) is 5.91 Å². The van der Waals surface area contributed by atoms with E-state index in [2.05, 4.69) is 22.8 Å². The Hall–Kier alpha value is -4.07. The van der Waals surface area contributed by atoms with Crippen molar-refractivity contribution in [3.8, 4) is 22.8 Å². The number of ether oxygens (including phenoxy) is 2. The number of nitrogens with one attached hydrogen (secondary N) is 2. The van der Waals surface area contributed by atoms with Crippen LogP contribution in [0.15, 0.2) is 66.7 Å². The summed E-state index contributed by atoms with van der Waals surface area (Å²) in [6.07, 6.45) is 8.39. The van der Waals surface area contributed by atoms with Crippen LogP contribution >= 0.6 is 0 Å². The van der Waals surface area contributed by atoms with Crippen LogP contribution in [0.5, 0.6) is 11.5 Å². The summed E-state index contributed by atoms with van der Waals surface area (Å²) >= 11 is 0. The molecule has 1 saturated carbocycles. The molecule has 2 fully saturated rings. The van der Waals surface area contributed by atoms with E-state index in [0.717, 1.165) is 47.8 Å². The van der Waals surface area contributed by atoms with Crippen LogP contribution in [0.4, 0.5) is 4.79 Å². The average Bonchev–Trinajstić information content (AvgIpc) is 3.55. The predicted octanol–water partition coefficient (Wildman–Crippen LogP) is 4.69. The number of pyridine rings is 1. The van der Waals surface area contributed by atoms with Gasteiger partial charge < -0.3 is 25.0 Å². The van der Waals surface area contributed by atoms with E-state index >= 15 is 0 Å². The lowest BCUT2D eigenvalue weighted by Crippen LogP contribution is -2.50. The van der Waals surface area contributed by atoms with Crippen molar-refractivity contribution in [3.05, 3.63) is 66.7 Å². The molecule has 8 nitrogen and oxygen atoms in total. The minimum atomic E-state index is -0.579. The van der Waals surface area contributed by atoms with Gasteiger partial charge in [-0.1, -0.05) is 42.5 Å². The Kier molecular flexibility index (Phi) is 7.09. The second-order valence-corrected chi connectivity index (χ2v) is 10.6. The molecule has 0 bridgehead atoms. The molecule has 3 amide bonds. The van der Waals surface area contributed by atoms with Crippen LogP contribution in [-0.2, 0) is 4.79 Å². The highest BCUT2D eigenvalue weighted by molar-refractivity contribution is 5.90. The van der Waals surface area contributed by atoms with Gasteiger partial charge in [-0.05, 0) is 43.7 Å². The quantitative estimate of drug-likeness (QED) is 0.482. The molecule has 0 unspecified atom stereocenters. The van der Waals surface area contributed by atoms with E-state index in [-0.39, 0.29) is 24.1 Å². The molecule has 1 saturated heterocycles. The predicted molar refractivity (Wildman–Crippen MR) is 150 cm³/mol. The van der Waals surface area contributed by atoms with Crippen LogP contribution < -0.4 is 20.1 Å².